The molecular formula is C20H20ClN3O2. The summed E-state index contributed by atoms with van der Waals surface area (Å²) < 4.78 is 5.11. The third kappa shape index (κ3) is 4.50. The van der Waals surface area contributed by atoms with Crippen molar-refractivity contribution in [1.29, 1.82) is 0 Å². The summed E-state index contributed by atoms with van der Waals surface area (Å²) in [4.78, 5) is 18.5. The molecule has 0 fully saturated rings. The molecule has 0 aliphatic carbocycles. The molecule has 6 heteroatoms. The molecule has 0 aliphatic rings. The van der Waals surface area contributed by atoms with Gasteiger partial charge >= 0.3 is 0 Å². The molecule has 134 valence electrons. The number of hydrogen-bond acceptors (Lipinski definition) is 4. The third-order valence-electron chi connectivity index (χ3n) is 3.97. The molecule has 26 heavy (non-hydrogen) atoms. The van der Waals surface area contributed by atoms with E-state index in [9.17, 15) is 4.79 Å². The van der Waals surface area contributed by atoms with Crippen molar-refractivity contribution in [1.82, 2.24) is 9.88 Å². The van der Waals surface area contributed by atoms with Crippen molar-refractivity contribution in [3.63, 3.8) is 0 Å². The number of hydrogen-bond donors (Lipinski definition) is 1. The number of carbonyl (C=O) groups excluding carboxylic acids is 1. The van der Waals surface area contributed by atoms with E-state index in [1.54, 1.807) is 31.5 Å². The zero-order valence-corrected chi connectivity index (χ0v) is 15.5. The molecule has 0 spiro atoms. The lowest BCUT2D eigenvalue weighted by molar-refractivity contribution is -0.117. The first-order valence-electron chi connectivity index (χ1n) is 8.21. The van der Waals surface area contributed by atoms with E-state index < -0.39 is 0 Å². The highest BCUT2D eigenvalue weighted by Crippen LogP contribution is 2.27. The van der Waals surface area contributed by atoms with Gasteiger partial charge in [0.1, 0.15) is 5.75 Å². The summed E-state index contributed by atoms with van der Waals surface area (Å²) in [5.74, 6) is 0.476. The van der Waals surface area contributed by atoms with Crippen molar-refractivity contribution in [2.45, 2.75) is 6.54 Å². The average Bonchev–Trinajstić information content (AvgIpc) is 2.61. The second kappa shape index (κ2) is 8.17. The lowest BCUT2D eigenvalue weighted by Gasteiger charge is -2.17. The Balaban J connectivity index is 1.59. The van der Waals surface area contributed by atoms with E-state index in [0.29, 0.717) is 23.0 Å². The van der Waals surface area contributed by atoms with Crippen molar-refractivity contribution in [3.05, 3.63) is 65.3 Å². The number of fused-ring (bicyclic) bond motifs is 1. The Kier molecular flexibility index (Phi) is 5.71. The minimum absolute atomic E-state index is 0.101. The van der Waals surface area contributed by atoms with Gasteiger partial charge in [-0.25, -0.2) is 0 Å². The predicted molar refractivity (Wildman–Crippen MR) is 105 cm³/mol. The van der Waals surface area contributed by atoms with Gasteiger partial charge in [0.05, 0.1) is 24.2 Å². The van der Waals surface area contributed by atoms with E-state index >= 15 is 0 Å². The second-order valence-electron chi connectivity index (χ2n) is 6.10. The number of methoxy groups -OCH3 is 1. The number of benzene rings is 2. The fourth-order valence-electron chi connectivity index (χ4n) is 2.78. The number of likely N-dealkylation sites (N-methyl/N-ethyl adjacent to an activating group) is 1. The molecule has 1 aromatic heterocycles. The summed E-state index contributed by atoms with van der Waals surface area (Å²) in [6.07, 6.45) is 1.78. The predicted octanol–water partition coefficient (Wildman–Crippen LogP) is 3.97. The number of halogens is 1. The Morgan fingerprint density at radius 2 is 2.08 bits per heavy atom. The van der Waals surface area contributed by atoms with Crippen LogP contribution in [-0.2, 0) is 11.3 Å². The fourth-order valence-corrected chi connectivity index (χ4v) is 3.04. The molecule has 1 heterocycles. The average molecular weight is 370 g/mol. The van der Waals surface area contributed by atoms with Crippen LogP contribution in [0.1, 0.15) is 5.56 Å². The Bertz CT molecular complexity index is 930. The van der Waals surface area contributed by atoms with Crippen LogP contribution in [0.4, 0.5) is 5.69 Å². The van der Waals surface area contributed by atoms with Gasteiger partial charge in [0.25, 0.3) is 0 Å². The molecule has 0 saturated heterocycles. The first-order valence-corrected chi connectivity index (χ1v) is 8.58. The molecule has 3 rings (SSSR count). The topological polar surface area (TPSA) is 54.5 Å². The third-order valence-corrected chi connectivity index (χ3v) is 4.26. The van der Waals surface area contributed by atoms with Gasteiger partial charge in [-0.15, -0.1) is 0 Å². The van der Waals surface area contributed by atoms with Crippen LogP contribution in [0.15, 0.2) is 54.7 Å². The van der Waals surface area contributed by atoms with Gasteiger partial charge in [0, 0.05) is 23.8 Å². The summed E-state index contributed by atoms with van der Waals surface area (Å²) >= 11 is 6.08. The maximum absolute atomic E-state index is 12.3. The lowest BCUT2D eigenvalue weighted by atomic mass is 10.1. The molecular weight excluding hydrogens is 350 g/mol. The van der Waals surface area contributed by atoms with Crippen LogP contribution in [-0.4, -0.2) is 36.5 Å². The van der Waals surface area contributed by atoms with Gasteiger partial charge in [0.2, 0.25) is 5.91 Å². The van der Waals surface area contributed by atoms with Gasteiger partial charge in [-0.3, -0.25) is 14.7 Å². The summed E-state index contributed by atoms with van der Waals surface area (Å²) in [6.45, 7) is 0.941. The van der Waals surface area contributed by atoms with E-state index in [0.717, 1.165) is 16.5 Å². The number of amides is 1. The zero-order chi connectivity index (χ0) is 18.5. The summed E-state index contributed by atoms with van der Waals surface area (Å²) in [5, 5.41) is 4.40. The molecule has 3 aromatic rings. The maximum Gasteiger partial charge on any atom is 0.238 e. The standard InChI is InChI=1S/C20H20ClN3O2/c1-24(12-14-5-7-18-15(10-14)4-3-9-22-18)13-20(25)23-16-6-8-19(26-2)17(21)11-16/h3-11H,12-13H2,1-2H3,(H,23,25). The van der Waals surface area contributed by atoms with Crippen LogP contribution >= 0.6 is 11.6 Å². The largest absolute Gasteiger partial charge is 0.495 e. The first kappa shape index (κ1) is 18.2. The van der Waals surface area contributed by atoms with Gasteiger partial charge in [-0.05, 0) is 49.0 Å². The number of nitrogens with one attached hydrogen (secondary N) is 1. The number of aromatic nitrogens is 1. The highest BCUT2D eigenvalue weighted by Gasteiger charge is 2.09. The molecule has 0 saturated carbocycles. The number of rotatable bonds is 6. The van der Waals surface area contributed by atoms with Crippen LogP contribution < -0.4 is 10.1 Å². The molecule has 2 aromatic carbocycles. The molecule has 5 nitrogen and oxygen atoms in total. The Morgan fingerprint density at radius 1 is 1.23 bits per heavy atom. The number of anilines is 1. The lowest BCUT2D eigenvalue weighted by Crippen LogP contribution is -2.29. The number of carbonyl (C=O) groups is 1. The molecule has 0 atom stereocenters. The van der Waals surface area contributed by atoms with Crippen molar-refractivity contribution < 1.29 is 9.53 Å². The smallest absolute Gasteiger partial charge is 0.238 e. The molecule has 0 bridgehead atoms. The van der Waals surface area contributed by atoms with E-state index in [1.807, 2.05) is 36.2 Å². The van der Waals surface area contributed by atoms with Crippen LogP contribution in [0.5, 0.6) is 5.75 Å². The molecule has 0 aliphatic heterocycles. The van der Waals surface area contributed by atoms with Gasteiger partial charge < -0.3 is 10.1 Å². The Labute approximate surface area is 157 Å². The van der Waals surface area contributed by atoms with Gasteiger partial charge in [-0.2, -0.15) is 0 Å². The highest BCUT2D eigenvalue weighted by atomic mass is 35.5. The van der Waals surface area contributed by atoms with Crippen molar-refractivity contribution in [2.75, 3.05) is 26.0 Å². The number of nitrogens with zero attached hydrogens (tertiary/aromatic N) is 2. The monoisotopic (exact) mass is 369 g/mol. The van der Waals surface area contributed by atoms with Crippen LogP contribution in [0, 0.1) is 0 Å². The van der Waals surface area contributed by atoms with Crippen LogP contribution in [0.2, 0.25) is 5.02 Å². The Hall–Kier alpha value is -2.63. The fraction of sp³-hybridized carbons (Fsp3) is 0.200. The first-order chi connectivity index (χ1) is 12.5. The normalized spacial score (nSPS) is 10.9. The molecule has 0 radical (unpaired) electrons. The molecule has 0 unspecified atom stereocenters. The minimum Gasteiger partial charge on any atom is -0.495 e. The SMILES string of the molecule is COc1ccc(NC(=O)CN(C)Cc2ccc3ncccc3c2)cc1Cl. The van der Waals surface area contributed by atoms with E-state index in [2.05, 4.69) is 16.4 Å². The Morgan fingerprint density at radius 3 is 2.85 bits per heavy atom. The van der Waals surface area contributed by atoms with E-state index in [4.69, 9.17) is 16.3 Å². The quantitative estimate of drug-likeness (QED) is 0.714. The second-order valence-corrected chi connectivity index (χ2v) is 6.51. The zero-order valence-electron chi connectivity index (χ0n) is 14.7. The van der Waals surface area contributed by atoms with Gasteiger partial charge in [0.15, 0.2) is 0 Å². The summed E-state index contributed by atoms with van der Waals surface area (Å²) in [5.41, 5.74) is 2.74. The van der Waals surface area contributed by atoms with Crippen LogP contribution in [0.25, 0.3) is 10.9 Å². The highest BCUT2D eigenvalue weighted by molar-refractivity contribution is 6.32. The number of ether oxygens (including phenoxy) is 1. The van der Waals surface area contributed by atoms with Gasteiger partial charge in [-0.1, -0.05) is 23.7 Å². The minimum atomic E-state index is -0.101. The molecule has 1 amide bonds. The van der Waals surface area contributed by atoms with Crippen molar-refractivity contribution in [2.24, 2.45) is 0 Å². The summed E-state index contributed by atoms with van der Waals surface area (Å²) in [6, 6.07) is 15.2. The maximum atomic E-state index is 12.3. The van der Waals surface area contributed by atoms with Crippen molar-refractivity contribution >= 4 is 34.1 Å². The van der Waals surface area contributed by atoms with E-state index in [-0.39, 0.29) is 12.5 Å². The number of pyridine rings is 1. The molecule has 1 N–H and O–H groups in total. The summed E-state index contributed by atoms with van der Waals surface area (Å²) in [7, 11) is 3.46. The van der Waals surface area contributed by atoms with Crippen molar-refractivity contribution in [3.8, 4) is 5.75 Å². The van der Waals surface area contributed by atoms with Crippen LogP contribution in [0.3, 0.4) is 0 Å². The van der Waals surface area contributed by atoms with E-state index in [1.165, 1.54) is 0 Å².